The number of rotatable bonds is 4. The third kappa shape index (κ3) is 4.47. The number of hydrogen-bond acceptors (Lipinski definition) is 3. The van der Waals surface area contributed by atoms with E-state index >= 15 is 0 Å². The number of aryl methyl sites for hydroxylation is 2. The first-order valence-corrected chi connectivity index (χ1v) is 7.45. The Labute approximate surface area is 147 Å². The van der Waals surface area contributed by atoms with Gasteiger partial charge in [0.25, 0.3) is 0 Å². The van der Waals surface area contributed by atoms with E-state index in [1.54, 1.807) is 26.0 Å². The summed E-state index contributed by atoms with van der Waals surface area (Å²) >= 11 is 0. The van der Waals surface area contributed by atoms with E-state index < -0.39 is 18.1 Å². The van der Waals surface area contributed by atoms with Crippen LogP contribution in [0.1, 0.15) is 27.0 Å². The summed E-state index contributed by atoms with van der Waals surface area (Å²) in [5.41, 5.74) is 1.45. The van der Waals surface area contributed by atoms with Crippen LogP contribution in [0.5, 0.6) is 0 Å². The minimum atomic E-state index is -5.11. The maximum atomic E-state index is 12.9. The maximum absolute atomic E-state index is 12.9. The average molecular weight is 364 g/mol. The molecular weight excluding hydrogens is 349 g/mol. The van der Waals surface area contributed by atoms with Crippen LogP contribution >= 0.6 is 0 Å². The summed E-state index contributed by atoms with van der Waals surface area (Å²) < 4.78 is 38.8. The number of benzene rings is 2. The predicted molar refractivity (Wildman–Crippen MR) is 90.5 cm³/mol. The van der Waals surface area contributed by atoms with Crippen molar-refractivity contribution in [1.29, 1.82) is 0 Å². The highest BCUT2D eigenvalue weighted by atomic mass is 19.4. The Morgan fingerprint density at radius 2 is 1.81 bits per heavy atom. The smallest absolute Gasteiger partial charge is 0.473 e. The van der Waals surface area contributed by atoms with Crippen LogP contribution in [0.25, 0.3) is 0 Å². The second kappa shape index (κ2) is 7.38. The van der Waals surface area contributed by atoms with Gasteiger partial charge in [-0.2, -0.15) is 23.3 Å². The Kier molecular flexibility index (Phi) is 5.44. The van der Waals surface area contributed by atoms with Crippen LogP contribution < -0.4 is 5.01 Å². The van der Waals surface area contributed by atoms with E-state index in [4.69, 9.17) is 5.11 Å². The molecule has 0 aliphatic heterocycles. The zero-order valence-corrected chi connectivity index (χ0v) is 13.9. The van der Waals surface area contributed by atoms with E-state index in [-0.39, 0.29) is 21.8 Å². The Bertz CT molecular complexity index is 876. The van der Waals surface area contributed by atoms with Crippen LogP contribution in [-0.4, -0.2) is 29.4 Å². The molecule has 1 amide bonds. The minimum Gasteiger partial charge on any atom is -0.478 e. The number of nitrogens with zero attached hydrogens (tertiary/aromatic N) is 2. The molecule has 2 aromatic rings. The normalized spacial score (nSPS) is 11.6. The average Bonchev–Trinajstić information content (AvgIpc) is 2.55. The van der Waals surface area contributed by atoms with Crippen LogP contribution in [0.4, 0.5) is 18.9 Å². The number of carbonyl (C=O) groups excluding carboxylic acids is 1. The van der Waals surface area contributed by atoms with Crippen LogP contribution in [0.3, 0.4) is 0 Å². The van der Waals surface area contributed by atoms with Crippen molar-refractivity contribution in [1.82, 2.24) is 0 Å². The standard InChI is InChI=1S/C18H15F3N2O3/c1-11-6-7-15(12(2)8-11)23(17(26)18(19,20)21)22-10-13-4-3-5-14(9-13)16(24)25/h3-10H,1-2H3,(H,24,25). The third-order valence-electron chi connectivity index (χ3n) is 3.47. The monoisotopic (exact) mass is 364 g/mol. The molecular formula is C18H15F3N2O3. The lowest BCUT2D eigenvalue weighted by Gasteiger charge is -2.20. The highest BCUT2D eigenvalue weighted by molar-refractivity contribution is 5.99. The second-order valence-electron chi connectivity index (χ2n) is 5.58. The van der Waals surface area contributed by atoms with Gasteiger partial charge in [0.2, 0.25) is 0 Å². The third-order valence-corrected chi connectivity index (χ3v) is 3.47. The SMILES string of the molecule is Cc1ccc(N(N=Cc2cccc(C(=O)O)c2)C(=O)C(F)(F)F)c(C)c1. The fourth-order valence-electron chi connectivity index (χ4n) is 2.26. The molecule has 0 aromatic heterocycles. The molecule has 0 aliphatic rings. The van der Waals surface area contributed by atoms with Crippen LogP contribution in [0.2, 0.25) is 0 Å². The quantitative estimate of drug-likeness (QED) is 0.660. The molecule has 0 unspecified atom stereocenters. The lowest BCUT2D eigenvalue weighted by atomic mass is 10.1. The van der Waals surface area contributed by atoms with E-state index in [0.717, 1.165) is 11.8 Å². The van der Waals surface area contributed by atoms with E-state index in [1.807, 2.05) is 0 Å². The van der Waals surface area contributed by atoms with Gasteiger partial charge in [0.05, 0.1) is 17.5 Å². The largest absolute Gasteiger partial charge is 0.478 e. The molecule has 26 heavy (non-hydrogen) atoms. The molecule has 1 N–H and O–H groups in total. The molecule has 0 saturated carbocycles. The summed E-state index contributed by atoms with van der Waals surface area (Å²) in [6, 6.07) is 10.0. The van der Waals surface area contributed by atoms with Crippen molar-refractivity contribution < 1.29 is 27.9 Å². The number of carboxylic acids is 1. The Balaban J connectivity index is 2.46. The molecule has 0 bridgehead atoms. The van der Waals surface area contributed by atoms with Crippen molar-refractivity contribution in [2.75, 3.05) is 5.01 Å². The lowest BCUT2D eigenvalue weighted by molar-refractivity contribution is -0.170. The Morgan fingerprint density at radius 1 is 1.12 bits per heavy atom. The van der Waals surface area contributed by atoms with Crippen LogP contribution in [0.15, 0.2) is 47.6 Å². The molecule has 2 aromatic carbocycles. The first-order chi connectivity index (χ1) is 12.1. The van der Waals surface area contributed by atoms with Gasteiger partial charge in [0.15, 0.2) is 0 Å². The summed E-state index contributed by atoms with van der Waals surface area (Å²) in [5, 5.41) is 12.9. The van der Waals surface area contributed by atoms with Gasteiger partial charge in [-0.25, -0.2) is 4.79 Å². The van der Waals surface area contributed by atoms with Crippen molar-refractivity contribution in [3.8, 4) is 0 Å². The number of alkyl halides is 3. The molecule has 2 rings (SSSR count). The fraction of sp³-hybridized carbons (Fsp3) is 0.167. The summed E-state index contributed by atoms with van der Waals surface area (Å²) in [4.78, 5) is 22.8. The Morgan fingerprint density at radius 3 is 2.38 bits per heavy atom. The van der Waals surface area contributed by atoms with Crippen molar-refractivity contribution >= 4 is 23.8 Å². The molecule has 0 atom stereocenters. The van der Waals surface area contributed by atoms with Gasteiger partial charge in [-0.05, 0) is 43.2 Å². The number of hydrazone groups is 1. The number of anilines is 1. The number of amides is 1. The molecule has 0 saturated heterocycles. The van der Waals surface area contributed by atoms with Crippen molar-refractivity contribution in [2.24, 2.45) is 5.10 Å². The molecule has 0 aliphatic carbocycles. The number of aromatic carboxylic acids is 1. The molecule has 0 radical (unpaired) electrons. The van der Waals surface area contributed by atoms with Crippen molar-refractivity contribution in [3.63, 3.8) is 0 Å². The lowest BCUT2D eigenvalue weighted by Crippen LogP contribution is -2.38. The topological polar surface area (TPSA) is 70.0 Å². The zero-order valence-electron chi connectivity index (χ0n) is 13.9. The highest BCUT2D eigenvalue weighted by Gasteiger charge is 2.43. The van der Waals surface area contributed by atoms with Crippen molar-refractivity contribution in [2.45, 2.75) is 20.0 Å². The van der Waals surface area contributed by atoms with Gasteiger partial charge in [-0.3, -0.25) is 4.79 Å². The summed E-state index contributed by atoms with van der Waals surface area (Å²) in [6.45, 7) is 3.34. The fourth-order valence-corrected chi connectivity index (χ4v) is 2.26. The Hall–Kier alpha value is -3.16. The summed E-state index contributed by atoms with van der Waals surface area (Å²) in [7, 11) is 0. The van der Waals surface area contributed by atoms with Gasteiger partial charge in [0.1, 0.15) is 0 Å². The first-order valence-electron chi connectivity index (χ1n) is 7.45. The molecule has 5 nitrogen and oxygen atoms in total. The zero-order chi connectivity index (χ0) is 19.5. The molecule has 0 fully saturated rings. The minimum absolute atomic E-state index is 0.0106. The summed E-state index contributed by atoms with van der Waals surface area (Å²) in [6.07, 6.45) is -4.10. The molecule has 0 spiro atoms. The number of hydrogen-bond donors (Lipinski definition) is 1. The van der Waals surface area contributed by atoms with Crippen LogP contribution in [0, 0.1) is 13.8 Å². The molecule has 0 heterocycles. The van der Waals surface area contributed by atoms with E-state index in [1.165, 1.54) is 30.3 Å². The van der Waals surface area contributed by atoms with Crippen molar-refractivity contribution in [3.05, 3.63) is 64.7 Å². The van der Waals surface area contributed by atoms with Crippen LogP contribution in [-0.2, 0) is 4.79 Å². The van der Waals surface area contributed by atoms with Gasteiger partial charge in [-0.15, -0.1) is 0 Å². The maximum Gasteiger partial charge on any atom is 0.473 e. The molecule has 136 valence electrons. The van der Waals surface area contributed by atoms with Gasteiger partial charge in [0, 0.05) is 0 Å². The number of carboxylic acid groups (broad SMARTS) is 1. The predicted octanol–water partition coefficient (Wildman–Crippen LogP) is 3.93. The van der Waals surface area contributed by atoms with Gasteiger partial charge in [-0.1, -0.05) is 29.8 Å². The van der Waals surface area contributed by atoms with E-state index in [9.17, 15) is 22.8 Å². The van der Waals surface area contributed by atoms with Gasteiger partial charge >= 0.3 is 18.1 Å². The van der Waals surface area contributed by atoms with E-state index in [0.29, 0.717) is 5.56 Å². The number of carbonyl (C=O) groups is 2. The van der Waals surface area contributed by atoms with E-state index in [2.05, 4.69) is 5.10 Å². The summed E-state index contributed by atoms with van der Waals surface area (Å²) in [5.74, 6) is -3.33. The number of halogens is 3. The van der Waals surface area contributed by atoms with Gasteiger partial charge < -0.3 is 5.11 Å². The highest BCUT2D eigenvalue weighted by Crippen LogP contribution is 2.27. The second-order valence-corrected chi connectivity index (χ2v) is 5.58. The molecule has 8 heteroatoms. The first kappa shape index (κ1) is 19.2.